The van der Waals surface area contributed by atoms with Gasteiger partial charge in [-0.3, -0.25) is 0 Å². The minimum Gasteiger partial charge on any atom is -0.392 e. The largest absolute Gasteiger partial charge is 0.419 e. The number of hydrogen-bond donors (Lipinski definition) is 1. The summed E-state index contributed by atoms with van der Waals surface area (Å²) in [6.45, 7) is 2.12. The van der Waals surface area contributed by atoms with Crippen molar-refractivity contribution < 1.29 is 23.1 Å². The lowest BCUT2D eigenvalue weighted by Crippen LogP contribution is -2.34. The summed E-state index contributed by atoms with van der Waals surface area (Å²) in [5.41, 5.74) is 0.503. The maximum atomic E-state index is 12.6. The van der Waals surface area contributed by atoms with Crippen LogP contribution < -0.4 is 0 Å². The molecule has 8 heteroatoms. The van der Waals surface area contributed by atoms with Crippen molar-refractivity contribution in [3.8, 4) is 0 Å². The van der Waals surface area contributed by atoms with Crippen LogP contribution in [-0.2, 0) is 19.3 Å². The van der Waals surface area contributed by atoms with Crippen LogP contribution in [0.3, 0.4) is 0 Å². The standard InChI is InChI=1S/C15H16F3N3O2/c1-2-20(8-11-4-3-5-12(6-11)10-22)14(23)21-9-13(7-19-21)15(16,17)18/h3-7,9,22H,2,8,10H2,1H3. The maximum absolute atomic E-state index is 12.6. The molecule has 124 valence electrons. The molecular formula is C15H16F3N3O2. The predicted octanol–water partition coefficient (Wildman–Crippen LogP) is 2.88. The number of alkyl halides is 3. The Kier molecular flexibility index (Phi) is 5.05. The Bertz CT molecular complexity index is 683. The van der Waals surface area contributed by atoms with Gasteiger partial charge in [-0.25, -0.2) is 4.79 Å². The third-order valence-corrected chi connectivity index (χ3v) is 3.31. The molecule has 0 saturated heterocycles. The first kappa shape index (κ1) is 17.0. The normalized spacial score (nSPS) is 11.5. The Morgan fingerprint density at radius 2 is 2.04 bits per heavy atom. The van der Waals surface area contributed by atoms with Crippen molar-refractivity contribution >= 4 is 6.03 Å². The Morgan fingerprint density at radius 1 is 1.35 bits per heavy atom. The number of rotatable bonds is 4. The van der Waals surface area contributed by atoms with Gasteiger partial charge in [-0.1, -0.05) is 24.3 Å². The van der Waals surface area contributed by atoms with Gasteiger partial charge in [-0.15, -0.1) is 0 Å². The third kappa shape index (κ3) is 4.10. The Balaban J connectivity index is 2.16. The quantitative estimate of drug-likeness (QED) is 0.939. The van der Waals surface area contributed by atoms with Crippen molar-refractivity contribution in [1.82, 2.24) is 14.7 Å². The molecule has 1 aromatic heterocycles. The van der Waals surface area contributed by atoms with Crippen molar-refractivity contribution in [2.24, 2.45) is 0 Å². The van der Waals surface area contributed by atoms with E-state index in [-0.39, 0.29) is 13.2 Å². The van der Waals surface area contributed by atoms with Gasteiger partial charge in [-0.05, 0) is 18.1 Å². The van der Waals surface area contributed by atoms with Gasteiger partial charge in [0.05, 0.1) is 18.4 Å². The average Bonchev–Trinajstić information content (AvgIpc) is 3.02. The van der Waals surface area contributed by atoms with Crippen molar-refractivity contribution in [2.75, 3.05) is 6.54 Å². The van der Waals surface area contributed by atoms with Gasteiger partial charge in [0.25, 0.3) is 0 Å². The zero-order chi connectivity index (χ0) is 17.0. The molecule has 1 N–H and O–H groups in total. The first-order chi connectivity index (χ1) is 10.8. The maximum Gasteiger partial charge on any atom is 0.419 e. The number of carbonyl (C=O) groups excluding carboxylic acids is 1. The highest BCUT2D eigenvalue weighted by molar-refractivity contribution is 5.76. The van der Waals surface area contributed by atoms with Crippen LogP contribution in [0.5, 0.6) is 0 Å². The zero-order valence-corrected chi connectivity index (χ0v) is 12.4. The molecule has 0 radical (unpaired) electrons. The van der Waals surface area contributed by atoms with E-state index in [0.717, 1.165) is 5.56 Å². The Hall–Kier alpha value is -2.35. The second-order valence-corrected chi connectivity index (χ2v) is 4.95. The Morgan fingerprint density at radius 3 is 2.61 bits per heavy atom. The van der Waals surface area contributed by atoms with E-state index in [2.05, 4.69) is 5.10 Å². The first-order valence-electron chi connectivity index (χ1n) is 6.95. The number of aliphatic hydroxyl groups is 1. The van der Waals surface area contributed by atoms with Crippen LogP contribution in [-0.4, -0.2) is 32.4 Å². The molecule has 0 bridgehead atoms. The fourth-order valence-corrected chi connectivity index (χ4v) is 2.08. The number of halogens is 3. The van der Waals surface area contributed by atoms with Crippen molar-refractivity contribution in [2.45, 2.75) is 26.3 Å². The molecule has 1 aromatic carbocycles. The molecule has 5 nitrogen and oxygen atoms in total. The molecule has 2 rings (SSSR count). The van der Waals surface area contributed by atoms with Crippen molar-refractivity contribution in [1.29, 1.82) is 0 Å². The van der Waals surface area contributed by atoms with E-state index in [1.807, 2.05) is 0 Å². The number of carbonyl (C=O) groups is 1. The monoisotopic (exact) mass is 327 g/mol. The average molecular weight is 327 g/mol. The summed E-state index contributed by atoms with van der Waals surface area (Å²) in [4.78, 5) is 13.6. The summed E-state index contributed by atoms with van der Waals surface area (Å²) in [6, 6.07) is 6.36. The van der Waals surface area contributed by atoms with E-state index in [1.54, 1.807) is 31.2 Å². The number of benzene rings is 1. The molecule has 0 aliphatic rings. The summed E-state index contributed by atoms with van der Waals surface area (Å²) in [7, 11) is 0. The topological polar surface area (TPSA) is 58.4 Å². The lowest BCUT2D eigenvalue weighted by Gasteiger charge is -2.20. The number of amides is 1. The van der Waals surface area contributed by atoms with Crippen molar-refractivity contribution in [3.05, 3.63) is 53.3 Å². The summed E-state index contributed by atoms with van der Waals surface area (Å²) >= 11 is 0. The summed E-state index contributed by atoms with van der Waals surface area (Å²) in [6.07, 6.45) is -3.24. The van der Waals surface area contributed by atoms with Gasteiger partial charge >= 0.3 is 12.2 Å². The fourth-order valence-electron chi connectivity index (χ4n) is 2.08. The molecular weight excluding hydrogens is 311 g/mol. The number of hydrogen-bond acceptors (Lipinski definition) is 3. The molecule has 2 aromatic rings. The predicted molar refractivity (Wildman–Crippen MR) is 76.5 cm³/mol. The molecule has 0 fully saturated rings. The highest BCUT2D eigenvalue weighted by Gasteiger charge is 2.33. The van der Waals surface area contributed by atoms with Gasteiger partial charge in [0.2, 0.25) is 0 Å². The van der Waals surface area contributed by atoms with E-state index < -0.39 is 17.8 Å². The molecule has 1 heterocycles. The van der Waals surface area contributed by atoms with Crippen LogP contribution in [0.1, 0.15) is 23.6 Å². The SMILES string of the molecule is CCN(Cc1cccc(CO)c1)C(=O)n1cc(C(F)(F)F)cn1. The zero-order valence-electron chi connectivity index (χ0n) is 12.4. The summed E-state index contributed by atoms with van der Waals surface area (Å²) < 4.78 is 38.4. The Labute approximate surface area is 130 Å². The highest BCUT2D eigenvalue weighted by Crippen LogP contribution is 2.28. The van der Waals surface area contributed by atoms with E-state index >= 15 is 0 Å². The van der Waals surface area contributed by atoms with Crippen LogP contribution in [0.2, 0.25) is 0 Å². The first-order valence-corrected chi connectivity index (χ1v) is 6.95. The van der Waals surface area contributed by atoms with Gasteiger partial charge in [0.15, 0.2) is 0 Å². The second-order valence-electron chi connectivity index (χ2n) is 4.95. The molecule has 1 amide bonds. The molecule has 0 atom stereocenters. The lowest BCUT2D eigenvalue weighted by atomic mass is 10.1. The van der Waals surface area contributed by atoms with Gasteiger partial charge in [0.1, 0.15) is 0 Å². The number of aliphatic hydroxyl groups excluding tert-OH is 1. The summed E-state index contributed by atoms with van der Waals surface area (Å²) in [5.74, 6) is 0. The van der Waals surface area contributed by atoms with Gasteiger partial charge < -0.3 is 10.0 Å². The lowest BCUT2D eigenvalue weighted by molar-refractivity contribution is -0.137. The third-order valence-electron chi connectivity index (χ3n) is 3.31. The molecule has 0 spiro atoms. The number of nitrogens with zero attached hydrogens (tertiary/aromatic N) is 3. The van der Waals surface area contributed by atoms with Gasteiger partial charge in [0, 0.05) is 19.3 Å². The van der Waals surface area contributed by atoms with Crippen LogP contribution >= 0.6 is 0 Å². The minimum atomic E-state index is -4.54. The van der Waals surface area contributed by atoms with Crippen LogP contribution in [0.4, 0.5) is 18.0 Å². The minimum absolute atomic E-state index is 0.123. The molecule has 0 aliphatic carbocycles. The van der Waals surface area contributed by atoms with Gasteiger partial charge in [-0.2, -0.15) is 23.0 Å². The van der Waals surface area contributed by atoms with E-state index in [1.165, 1.54) is 4.90 Å². The van der Waals surface area contributed by atoms with E-state index in [9.17, 15) is 18.0 Å². The van der Waals surface area contributed by atoms with E-state index in [0.29, 0.717) is 29.2 Å². The molecule has 0 unspecified atom stereocenters. The van der Waals surface area contributed by atoms with Crippen molar-refractivity contribution in [3.63, 3.8) is 0 Å². The van der Waals surface area contributed by atoms with Crippen LogP contribution in [0, 0.1) is 0 Å². The highest BCUT2D eigenvalue weighted by atomic mass is 19.4. The van der Waals surface area contributed by atoms with E-state index in [4.69, 9.17) is 5.11 Å². The molecule has 0 aliphatic heterocycles. The molecule has 0 saturated carbocycles. The second kappa shape index (κ2) is 6.82. The fraction of sp³-hybridized carbons (Fsp3) is 0.333. The smallest absolute Gasteiger partial charge is 0.392 e. The summed E-state index contributed by atoms with van der Waals surface area (Å²) in [5, 5.41) is 12.6. The van der Waals surface area contributed by atoms with Crippen LogP contribution in [0.15, 0.2) is 36.7 Å². The number of aromatic nitrogens is 2. The van der Waals surface area contributed by atoms with Crippen LogP contribution in [0.25, 0.3) is 0 Å². The molecule has 23 heavy (non-hydrogen) atoms.